The lowest BCUT2D eigenvalue weighted by Gasteiger charge is -2.33. The lowest BCUT2D eigenvalue weighted by Crippen LogP contribution is -2.27. The lowest BCUT2D eigenvalue weighted by molar-refractivity contribution is 0.372. The van der Waals surface area contributed by atoms with Gasteiger partial charge in [0.25, 0.3) is 0 Å². The molecule has 164 valence electrons. The molecule has 0 saturated heterocycles. The van der Waals surface area contributed by atoms with Crippen LogP contribution in [0.4, 0.5) is 5.82 Å². The molecule has 0 bridgehead atoms. The fraction of sp³-hybridized carbons (Fsp3) is 0.440. The maximum Gasteiger partial charge on any atom is 0.148 e. The van der Waals surface area contributed by atoms with Gasteiger partial charge in [-0.2, -0.15) is 0 Å². The van der Waals surface area contributed by atoms with Crippen LogP contribution in [-0.4, -0.2) is 9.97 Å². The Bertz CT molecular complexity index is 1060. The Labute approximate surface area is 199 Å². The van der Waals surface area contributed by atoms with Crippen LogP contribution in [0.15, 0.2) is 29.6 Å². The van der Waals surface area contributed by atoms with E-state index in [-0.39, 0.29) is 0 Å². The van der Waals surface area contributed by atoms with Gasteiger partial charge in [-0.1, -0.05) is 50.4 Å². The number of hydrogen-bond acceptors (Lipinski definition) is 4. The zero-order chi connectivity index (χ0) is 22.0. The van der Waals surface area contributed by atoms with Crippen molar-refractivity contribution in [2.75, 3.05) is 5.32 Å². The first-order chi connectivity index (χ1) is 15.0. The Hall–Kier alpha value is -1.62. The fourth-order valence-electron chi connectivity index (χ4n) is 4.60. The third kappa shape index (κ3) is 4.62. The standard InChI is InChI=1S/C25H29Cl2N3S/c1-4-7-15-8-11-22-18(12-13-31-22)23(15)30-25-21(6-3)28-24(20(5-2)29-25)17-10-9-16(26)14-19(17)27/h9-10,12-15,23H,4-8,11H2,1-3H3,(H,29,30)/t15-,23+/m0/s1. The summed E-state index contributed by atoms with van der Waals surface area (Å²) < 4.78 is 0. The van der Waals surface area contributed by atoms with Crippen molar-refractivity contribution < 1.29 is 0 Å². The largest absolute Gasteiger partial charge is 0.361 e. The smallest absolute Gasteiger partial charge is 0.148 e. The van der Waals surface area contributed by atoms with E-state index >= 15 is 0 Å². The predicted molar refractivity (Wildman–Crippen MR) is 134 cm³/mol. The summed E-state index contributed by atoms with van der Waals surface area (Å²) in [6.45, 7) is 6.52. The van der Waals surface area contributed by atoms with Crippen LogP contribution < -0.4 is 5.32 Å². The summed E-state index contributed by atoms with van der Waals surface area (Å²) in [7, 11) is 0. The van der Waals surface area contributed by atoms with E-state index < -0.39 is 0 Å². The Kier molecular flexibility index (Phi) is 7.20. The van der Waals surface area contributed by atoms with Gasteiger partial charge in [0.05, 0.1) is 28.1 Å². The first-order valence-electron chi connectivity index (χ1n) is 11.2. The summed E-state index contributed by atoms with van der Waals surface area (Å²) in [5, 5.41) is 7.29. The number of fused-ring (bicyclic) bond motifs is 1. The molecule has 0 unspecified atom stereocenters. The molecule has 2 aromatic heterocycles. The summed E-state index contributed by atoms with van der Waals surface area (Å²) in [4.78, 5) is 11.6. The monoisotopic (exact) mass is 473 g/mol. The number of thiophene rings is 1. The van der Waals surface area contributed by atoms with Crippen LogP contribution in [0.2, 0.25) is 10.0 Å². The van der Waals surface area contributed by atoms with E-state index in [0.29, 0.717) is 22.0 Å². The van der Waals surface area contributed by atoms with Crippen LogP contribution in [0.3, 0.4) is 0 Å². The van der Waals surface area contributed by atoms with Crippen molar-refractivity contribution in [3.05, 3.63) is 61.5 Å². The molecule has 0 radical (unpaired) electrons. The van der Waals surface area contributed by atoms with Crippen molar-refractivity contribution >= 4 is 40.4 Å². The van der Waals surface area contributed by atoms with Crippen molar-refractivity contribution in [1.29, 1.82) is 0 Å². The zero-order valence-electron chi connectivity index (χ0n) is 18.3. The minimum absolute atomic E-state index is 0.296. The van der Waals surface area contributed by atoms with E-state index in [1.165, 1.54) is 36.1 Å². The van der Waals surface area contributed by atoms with Crippen molar-refractivity contribution in [3.63, 3.8) is 0 Å². The molecule has 2 heterocycles. The van der Waals surface area contributed by atoms with E-state index in [0.717, 1.165) is 41.3 Å². The fourth-order valence-corrected chi connectivity index (χ4v) is 6.05. The van der Waals surface area contributed by atoms with Crippen LogP contribution in [0.1, 0.15) is 67.9 Å². The molecule has 3 aromatic rings. The lowest BCUT2D eigenvalue weighted by atomic mass is 9.81. The number of nitrogens with one attached hydrogen (secondary N) is 1. The maximum atomic E-state index is 6.51. The molecule has 1 aliphatic rings. The van der Waals surface area contributed by atoms with Gasteiger partial charge in [0.1, 0.15) is 5.82 Å². The highest BCUT2D eigenvalue weighted by atomic mass is 35.5. The van der Waals surface area contributed by atoms with Crippen LogP contribution >= 0.6 is 34.5 Å². The molecule has 0 aliphatic heterocycles. The summed E-state index contributed by atoms with van der Waals surface area (Å²) in [5.74, 6) is 1.53. The van der Waals surface area contributed by atoms with Gasteiger partial charge in [0.2, 0.25) is 0 Å². The Balaban J connectivity index is 1.75. The van der Waals surface area contributed by atoms with Gasteiger partial charge >= 0.3 is 0 Å². The van der Waals surface area contributed by atoms with Crippen LogP contribution in [0.25, 0.3) is 11.3 Å². The Morgan fingerprint density at radius 3 is 2.58 bits per heavy atom. The number of rotatable bonds is 7. The molecule has 6 heteroatoms. The van der Waals surface area contributed by atoms with E-state index in [4.69, 9.17) is 33.2 Å². The quantitative estimate of drug-likeness (QED) is 0.375. The first kappa shape index (κ1) is 22.6. The van der Waals surface area contributed by atoms with Crippen molar-refractivity contribution in [2.45, 2.75) is 65.3 Å². The molecule has 1 aliphatic carbocycles. The molecule has 0 amide bonds. The molecule has 0 fully saturated rings. The Morgan fingerprint density at radius 2 is 1.87 bits per heavy atom. The van der Waals surface area contributed by atoms with Crippen LogP contribution in [-0.2, 0) is 19.3 Å². The second kappa shape index (κ2) is 9.89. The topological polar surface area (TPSA) is 37.8 Å². The number of halogens is 2. The number of anilines is 1. The third-order valence-corrected chi connectivity index (χ3v) is 7.72. The summed E-state index contributed by atoms with van der Waals surface area (Å²) >= 11 is 14.5. The average molecular weight is 475 g/mol. The third-order valence-electron chi connectivity index (χ3n) is 6.18. The first-order valence-corrected chi connectivity index (χ1v) is 12.9. The van der Waals surface area contributed by atoms with Gasteiger partial charge in [0.15, 0.2) is 0 Å². The normalized spacial score (nSPS) is 18.1. The van der Waals surface area contributed by atoms with E-state index in [1.54, 1.807) is 6.07 Å². The van der Waals surface area contributed by atoms with Crippen LogP contribution in [0, 0.1) is 5.92 Å². The van der Waals surface area contributed by atoms with Gasteiger partial charge in [-0.25, -0.2) is 9.97 Å². The number of hydrogen-bond donors (Lipinski definition) is 1. The molecule has 2 atom stereocenters. The summed E-state index contributed by atoms with van der Waals surface area (Å²) in [5.41, 5.74) is 5.13. The SMILES string of the molecule is CCC[C@H]1CCc2sccc2[C@@H]1Nc1nc(CC)c(-c2ccc(Cl)cc2Cl)nc1CC. The molecule has 1 aromatic carbocycles. The minimum Gasteiger partial charge on any atom is -0.361 e. The van der Waals surface area contributed by atoms with Crippen LogP contribution in [0.5, 0.6) is 0 Å². The molecule has 4 rings (SSSR count). The molecule has 31 heavy (non-hydrogen) atoms. The summed E-state index contributed by atoms with van der Waals surface area (Å²) in [6, 6.07) is 8.16. The van der Waals surface area contributed by atoms with E-state index in [2.05, 4.69) is 37.5 Å². The number of benzene rings is 1. The molecule has 0 saturated carbocycles. The van der Waals surface area contributed by atoms with Gasteiger partial charge in [-0.3, -0.25) is 0 Å². The molecule has 1 N–H and O–H groups in total. The molecule has 3 nitrogen and oxygen atoms in total. The maximum absolute atomic E-state index is 6.51. The van der Waals surface area contributed by atoms with Crippen molar-refractivity contribution in [2.24, 2.45) is 5.92 Å². The van der Waals surface area contributed by atoms with Crippen molar-refractivity contribution in [3.8, 4) is 11.3 Å². The second-order valence-electron chi connectivity index (χ2n) is 8.15. The van der Waals surface area contributed by atoms with E-state index in [1.807, 2.05) is 23.5 Å². The highest BCUT2D eigenvalue weighted by Crippen LogP contribution is 2.42. The molecular weight excluding hydrogens is 445 g/mol. The number of nitrogens with zero attached hydrogens (tertiary/aromatic N) is 2. The summed E-state index contributed by atoms with van der Waals surface area (Å²) in [6.07, 6.45) is 6.43. The molecular formula is C25H29Cl2N3S. The number of aryl methyl sites for hydroxylation is 3. The second-order valence-corrected chi connectivity index (χ2v) is 10.00. The van der Waals surface area contributed by atoms with Gasteiger partial charge in [-0.05, 0) is 73.2 Å². The highest BCUT2D eigenvalue weighted by molar-refractivity contribution is 7.10. The molecule has 0 spiro atoms. The number of aromatic nitrogens is 2. The minimum atomic E-state index is 0.296. The van der Waals surface area contributed by atoms with E-state index in [9.17, 15) is 0 Å². The van der Waals surface area contributed by atoms with Crippen molar-refractivity contribution in [1.82, 2.24) is 9.97 Å². The highest BCUT2D eigenvalue weighted by Gasteiger charge is 2.31. The average Bonchev–Trinajstić information content (AvgIpc) is 3.24. The van der Waals surface area contributed by atoms with Gasteiger partial charge in [0, 0.05) is 15.5 Å². The van der Waals surface area contributed by atoms with Gasteiger partial charge in [-0.15, -0.1) is 11.3 Å². The predicted octanol–water partition coefficient (Wildman–Crippen LogP) is 8.15. The van der Waals surface area contributed by atoms with Gasteiger partial charge < -0.3 is 5.32 Å². The zero-order valence-corrected chi connectivity index (χ0v) is 20.7. The Morgan fingerprint density at radius 1 is 1.06 bits per heavy atom.